The van der Waals surface area contributed by atoms with Crippen molar-refractivity contribution in [2.45, 2.75) is 121 Å². The molecule has 10 unspecified atom stereocenters. The van der Waals surface area contributed by atoms with E-state index in [4.69, 9.17) is 0 Å². The molecular weight excluding hydrogens is 522 g/mol. The van der Waals surface area contributed by atoms with Crippen LogP contribution in [0.5, 0.6) is 0 Å². The predicted molar refractivity (Wildman–Crippen MR) is 177 cm³/mol. The van der Waals surface area contributed by atoms with Crippen LogP contribution in [0.1, 0.15) is 103 Å². The summed E-state index contributed by atoms with van der Waals surface area (Å²) in [6.07, 6.45) is 45.1. The second kappa shape index (κ2) is 11.1. The molecule has 3 heteroatoms. The molecule has 1 spiro atoms. The molecule has 228 valence electrons. The highest BCUT2D eigenvalue weighted by molar-refractivity contribution is 5.60. The lowest BCUT2D eigenvalue weighted by Crippen LogP contribution is -2.71. The topological polar surface area (TPSA) is 36.1 Å². The van der Waals surface area contributed by atoms with E-state index in [9.17, 15) is 0 Å². The van der Waals surface area contributed by atoms with Crippen molar-refractivity contribution >= 4 is 0 Å². The Labute approximate surface area is 260 Å². The average Bonchev–Trinajstić information content (AvgIpc) is 3.56. The number of hydrogen-bond acceptors (Lipinski definition) is 3. The Bertz CT molecular complexity index is 1340. The van der Waals surface area contributed by atoms with Crippen molar-refractivity contribution in [3.05, 3.63) is 82.5 Å². The Kier molecular flexibility index (Phi) is 7.09. The third-order valence-corrected chi connectivity index (χ3v) is 13.6. The van der Waals surface area contributed by atoms with E-state index in [0.717, 1.165) is 11.8 Å². The standard InChI is InChI=1S/C40H53N3/c1-3-13-26(14-4-1)37-41-38(27-15-5-2-6-16-27)43-39(42-37)28-23-24-32-31-19-9-12-22-35(31)40(36(32)25-28)33-20-10-7-17-29(33)30-18-8-11-21-34(30)40/h1,3,9,12,15,17,19-20,22,26,28,30-31,34-35,37-39,41-43H,2,4-8,10-11,13-14,16,18,21,23-25H2. The van der Waals surface area contributed by atoms with Crippen molar-refractivity contribution in [2.75, 3.05) is 0 Å². The minimum Gasteiger partial charge on any atom is -0.286 e. The Morgan fingerprint density at radius 2 is 1.58 bits per heavy atom. The molecule has 3 fully saturated rings. The smallest absolute Gasteiger partial charge is 0.0818 e. The van der Waals surface area contributed by atoms with Crippen molar-refractivity contribution in [1.29, 1.82) is 0 Å². The van der Waals surface area contributed by atoms with Gasteiger partial charge >= 0.3 is 0 Å². The summed E-state index contributed by atoms with van der Waals surface area (Å²) in [6, 6.07) is 0. The second-order valence-corrected chi connectivity index (χ2v) is 15.5. The Hall–Kier alpha value is -1.94. The highest BCUT2D eigenvalue weighted by Crippen LogP contribution is 2.73. The lowest BCUT2D eigenvalue weighted by molar-refractivity contribution is 0.109. The molecule has 0 aromatic rings. The zero-order chi connectivity index (χ0) is 28.4. The first kappa shape index (κ1) is 27.4. The fraction of sp³-hybridized carbons (Fsp3) is 0.650. The minimum absolute atomic E-state index is 0.253. The van der Waals surface area contributed by atoms with Crippen LogP contribution in [-0.4, -0.2) is 18.5 Å². The van der Waals surface area contributed by atoms with Crippen LogP contribution in [0.15, 0.2) is 82.5 Å². The molecule has 43 heavy (non-hydrogen) atoms. The zero-order valence-electron chi connectivity index (χ0n) is 26.2. The summed E-state index contributed by atoms with van der Waals surface area (Å²) in [4.78, 5) is 0. The van der Waals surface area contributed by atoms with Gasteiger partial charge in [-0.25, -0.2) is 0 Å². The number of nitrogens with one attached hydrogen (secondary N) is 3. The van der Waals surface area contributed by atoms with E-state index in [1.807, 2.05) is 11.1 Å². The zero-order valence-corrected chi connectivity index (χ0v) is 26.2. The Morgan fingerprint density at radius 1 is 0.698 bits per heavy atom. The summed E-state index contributed by atoms with van der Waals surface area (Å²) >= 11 is 0. The molecule has 0 aromatic heterocycles. The molecule has 0 bridgehead atoms. The third kappa shape index (κ3) is 4.31. The molecule has 1 aliphatic heterocycles. The molecule has 10 atom stereocenters. The maximum Gasteiger partial charge on any atom is 0.0818 e. The molecule has 9 rings (SSSR count). The summed E-state index contributed by atoms with van der Waals surface area (Å²) in [5.41, 5.74) is 9.25. The van der Waals surface area contributed by atoms with Crippen LogP contribution in [-0.2, 0) is 0 Å². The first-order valence-electron chi connectivity index (χ1n) is 18.4. The van der Waals surface area contributed by atoms with E-state index in [2.05, 4.69) is 70.6 Å². The van der Waals surface area contributed by atoms with Crippen molar-refractivity contribution in [3.63, 3.8) is 0 Å². The highest BCUT2D eigenvalue weighted by atomic mass is 15.4. The normalized spacial score (nSPS) is 45.2. The molecule has 1 heterocycles. The monoisotopic (exact) mass is 575 g/mol. The lowest BCUT2D eigenvalue weighted by atomic mass is 9.57. The molecule has 0 aromatic carbocycles. The van der Waals surface area contributed by atoms with Crippen LogP contribution in [0, 0.1) is 40.9 Å². The van der Waals surface area contributed by atoms with Gasteiger partial charge in [0.15, 0.2) is 0 Å². The summed E-state index contributed by atoms with van der Waals surface area (Å²) in [5.74, 6) is 4.21. The van der Waals surface area contributed by atoms with Gasteiger partial charge in [0.2, 0.25) is 0 Å². The summed E-state index contributed by atoms with van der Waals surface area (Å²) < 4.78 is 0. The van der Waals surface area contributed by atoms with Gasteiger partial charge in [0.05, 0.1) is 18.5 Å². The number of rotatable bonds is 3. The highest BCUT2D eigenvalue weighted by Gasteiger charge is 2.65. The minimum atomic E-state index is 0.253. The van der Waals surface area contributed by atoms with Gasteiger partial charge in [0, 0.05) is 17.3 Å². The van der Waals surface area contributed by atoms with E-state index < -0.39 is 0 Å². The average molecular weight is 576 g/mol. The molecule has 0 amide bonds. The largest absolute Gasteiger partial charge is 0.286 e. The Balaban J connectivity index is 1.08. The van der Waals surface area contributed by atoms with Crippen molar-refractivity contribution in [3.8, 4) is 0 Å². The fourth-order valence-corrected chi connectivity index (χ4v) is 11.9. The molecule has 1 saturated heterocycles. The molecular formula is C40H53N3. The Morgan fingerprint density at radius 3 is 2.47 bits per heavy atom. The van der Waals surface area contributed by atoms with Gasteiger partial charge in [-0.3, -0.25) is 16.0 Å². The van der Waals surface area contributed by atoms with Gasteiger partial charge < -0.3 is 0 Å². The summed E-state index contributed by atoms with van der Waals surface area (Å²) in [6.45, 7) is 0. The van der Waals surface area contributed by atoms with Gasteiger partial charge in [-0.1, -0.05) is 78.7 Å². The lowest BCUT2D eigenvalue weighted by Gasteiger charge is -2.49. The third-order valence-electron chi connectivity index (χ3n) is 13.6. The van der Waals surface area contributed by atoms with E-state index in [1.165, 1.54) is 103 Å². The summed E-state index contributed by atoms with van der Waals surface area (Å²) in [5, 5.41) is 12.5. The summed E-state index contributed by atoms with van der Waals surface area (Å²) in [7, 11) is 0. The maximum atomic E-state index is 4.24. The van der Waals surface area contributed by atoms with E-state index >= 15 is 0 Å². The van der Waals surface area contributed by atoms with E-state index in [0.29, 0.717) is 42.2 Å². The quantitative estimate of drug-likeness (QED) is 0.295. The molecule has 2 saturated carbocycles. The van der Waals surface area contributed by atoms with Crippen LogP contribution < -0.4 is 16.0 Å². The van der Waals surface area contributed by atoms with Gasteiger partial charge in [-0.15, -0.1) is 0 Å². The second-order valence-electron chi connectivity index (χ2n) is 15.5. The van der Waals surface area contributed by atoms with Crippen LogP contribution in [0.25, 0.3) is 0 Å². The molecule has 3 N–H and O–H groups in total. The van der Waals surface area contributed by atoms with Crippen LogP contribution >= 0.6 is 0 Å². The first-order valence-corrected chi connectivity index (χ1v) is 18.4. The van der Waals surface area contributed by atoms with Crippen LogP contribution in [0.2, 0.25) is 0 Å². The predicted octanol–water partition coefficient (Wildman–Crippen LogP) is 8.53. The van der Waals surface area contributed by atoms with E-state index in [-0.39, 0.29) is 5.41 Å². The SMILES string of the molecule is C1=CC2C3=C(CC(C4NC(C5=CCCCC5)NC(C5CC=CCC5)N4)CC3)C3(C4=CCCC=C4C4CCCCC43)C2C=C1. The van der Waals surface area contributed by atoms with Crippen molar-refractivity contribution in [1.82, 2.24) is 16.0 Å². The van der Waals surface area contributed by atoms with Crippen molar-refractivity contribution < 1.29 is 0 Å². The van der Waals surface area contributed by atoms with Crippen molar-refractivity contribution in [2.24, 2.45) is 40.9 Å². The number of allylic oxidation sites excluding steroid dienone is 13. The fourth-order valence-electron chi connectivity index (χ4n) is 11.9. The molecule has 3 nitrogen and oxygen atoms in total. The van der Waals surface area contributed by atoms with Crippen LogP contribution in [0.4, 0.5) is 0 Å². The molecule has 0 radical (unpaired) electrons. The van der Waals surface area contributed by atoms with Gasteiger partial charge in [-0.05, 0) is 130 Å². The maximum absolute atomic E-state index is 4.24. The van der Waals surface area contributed by atoms with Gasteiger partial charge in [0.25, 0.3) is 0 Å². The number of fused-ring (bicyclic) bond motifs is 9. The van der Waals surface area contributed by atoms with Crippen LogP contribution in [0.3, 0.4) is 0 Å². The first-order chi connectivity index (χ1) is 21.3. The number of hydrogen-bond donors (Lipinski definition) is 3. The van der Waals surface area contributed by atoms with Gasteiger partial charge in [-0.2, -0.15) is 0 Å². The molecule has 9 aliphatic rings. The van der Waals surface area contributed by atoms with Gasteiger partial charge in [0.1, 0.15) is 0 Å². The molecule has 8 aliphatic carbocycles. The van der Waals surface area contributed by atoms with E-state index in [1.54, 1.807) is 16.7 Å².